The van der Waals surface area contributed by atoms with Crippen LogP contribution in [0.3, 0.4) is 0 Å². The van der Waals surface area contributed by atoms with Crippen LogP contribution in [0.25, 0.3) is 10.9 Å². The Morgan fingerprint density at radius 3 is 2.87 bits per heavy atom. The molecule has 0 aliphatic heterocycles. The predicted octanol–water partition coefficient (Wildman–Crippen LogP) is 2.91. The van der Waals surface area contributed by atoms with Crippen molar-refractivity contribution in [2.75, 3.05) is 0 Å². The first-order valence-corrected chi connectivity index (χ1v) is 4.75. The van der Waals surface area contributed by atoms with Gasteiger partial charge in [-0.3, -0.25) is 4.79 Å². The van der Waals surface area contributed by atoms with E-state index in [0.29, 0.717) is 5.69 Å². The molecule has 0 amide bonds. The highest BCUT2D eigenvalue weighted by Crippen LogP contribution is 2.16. The van der Waals surface area contributed by atoms with Crippen LogP contribution in [-0.2, 0) is 0 Å². The van der Waals surface area contributed by atoms with Gasteiger partial charge in [0.1, 0.15) is 5.69 Å². The van der Waals surface area contributed by atoms with Gasteiger partial charge in [-0.1, -0.05) is 24.8 Å². The number of allylic oxidation sites excluding steroid dienone is 1. The van der Waals surface area contributed by atoms with Crippen molar-refractivity contribution in [1.29, 1.82) is 0 Å². The monoisotopic (exact) mass is 197 g/mol. The maximum atomic E-state index is 11.5. The number of rotatable bonds is 2. The number of hydrogen-bond acceptors (Lipinski definition) is 2. The third kappa shape index (κ3) is 1.66. The number of carbonyl (C=O) groups excluding carboxylic acids is 1. The van der Waals surface area contributed by atoms with Crippen LogP contribution in [0, 0.1) is 6.92 Å². The molecule has 0 fully saturated rings. The van der Waals surface area contributed by atoms with Gasteiger partial charge < -0.3 is 0 Å². The molecule has 2 heteroatoms. The minimum atomic E-state index is -0.127. The van der Waals surface area contributed by atoms with Gasteiger partial charge in [-0.25, -0.2) is 4.98 Å². The Balaban J connectivity index is 2.72. The molecule has 15 heavy (non-hydrogen) atoms. The van der Waals surface area contributed by atoms with Gasteiger partial charge in [0, 0.05) is 5.39 Å². The van der Waals surface area contributed by atoms with Gasteiger partial charge in [0.2, 0.25) is 5.78 Å². The molecule has 1 aromatic heterocycles. The predicted molar refractivity (Wildman–Crippen MR) is 61.0 cm³/mol. The number of hydrogen-bond donors (Lipinski definition) is 0. The lowest BCUT2D eigenvalue weighted by Crippen LogP contribution is -2.01. The maximum Gasteiger partial charge on any atom is 0.203 e. The summed E-state index contributed by atoms with van der Waals surface area (Å²) in [4.78, 5) is 15.8. The van der Waals surface area contributed by atoms with Gasteiger partial charge in [-0.05, 0) is 30.7 Å². The second-order valence-electron chi connectivity index (χ2n) is 3.41. The fourth-order valence-electron chi connectivity index (χ4n) is 1.57. The first-order chi connectivity index (χ1) is 7.22. The normalized spacial score (nSPS) is 10.2. The summed E-state index contributed by atoms with van der Waals surface area (Å²) in [5.41, 5.74) is 2.22. The number of nitrogens with zero attached hydrogens (tertiary/aromatic N) is 1. The van der Waals surface area contributed by atoms with E-state index in [-0.39, 0.29) is 5.78 Å². The molecule has 0 aliphatic rings. The molecule has 0 aliphatic carbocycles. The van der Waals surface area contributed by atoms with Crippen molar-refractivity contribution >= 4 is 16.7 Å². The van der Waals surface area contributed by atoms with E-state index in [0.717, 1.165) is 16.5 Å². The van der Waals surface area contributed by atoms with Crippen LogP contribution in [0.2, 0.25) is 0 Å². The van der Waals surface area contributed by atoms with Gasteiger partial charge in [0.25, 0.3) is 0 Å². The molecule has 0 bridgehead atoms. The third-order valence-corrected chi connectivity index (χ3v) is 2.33. The molecule has 1 heterocycles. The van der Waals surface area contributed by atoms with Crippen LogP contribution < -0.4 is 0 Å². The topological polar surface area (TPSA) is 30.0 Å². The lowest BCUT2D eigenvalue weighted by molar-refractivity contribution is 0.104. The number of ketones is 1. The van der Waals surface area contributed by atoms with E-state index in [1.807, 2.05) is 37.3 Å². The summed E-state index contributed by atoms with van der Waals surface area (Å²) in [5, 5.41) is 1.05. The number of pyridine rings is 1. The zero-order valence-corrected chi connectivity index (χ0v) is 8.53. The van der Waals surface area contributed by atoms with Gasteiger partial charge in [0.15, 0.2) is 0 Å². The highest BCUT2D eigenvalue weighted by atomic mass is 16.1. The fraction of sp³-hybridized carbons (Fsp3) is 0.0769. The standard InChI is InChI=1S/C13H11NO/c1-3-12(15)13-9(2)8-10-6-4-5-7-11(10)14-13/h3-8H,1H2,2H3. The number of carbonyl (C=O) groups is 1. The lowest BCUT2D eigenvalue weighted by atomic mass is 10.1. The molecule has 0 spiro atoms. The van der Waals surface area contributed by atoms with Crippen LogP contribution in [0.5, 0.6) is 0 Å². The summed E-state index contributed by atoms with van der Waals surface area (Å²) >= 11 is 0. The van der Waals surface area contributed by atoms with E-state index in [2.05, 4.69) is 11.6 Å². The molecule has 2 aromatic rings. The number of para-hydroxylation sites is 1. The highest BCUT2D eigenvalue weighted by molar-refractivity contribution is 6.05. The summed E-state index contributed by atoms with van der Waals surface area (Å²) in [7, 11) is 0. The van der Waals surface area contributed by atoms with E-state index >= 15 is 0 Å². The highest BCUT2D eigenvalue weighted by Gasteiger charge is 2.08. The van der Waals surface area contributed by atoms with Crippen molar-refractivity contribution in [2.45, 2.75) is 6.92 Å². The lowest BCUT2D eigenvalue weighted by Gasteiger charge is -2.03. The first-order valence-electron chi connectivity index (χ1n) is 4.75. The van der Waals surface area contributed by atoms with Gasteiger partial charge >= 0.3 is 0 Å². The second-order valence-corrected chi connectivity index (χ2v) is 3.41. The molecule has 0 saturated carbocycles. The van der Waals surface area contributed by atoms with E-state index in [4.69, 9.17) is 0 Å². The molecule has 0 unspecified atom stereocenters. The Labute approximate surface area is 88.3 Å². The van der Waals surface area contributed by atoms with E-state index in [1.165, 1.54) is 6.08 Å². The smallest absolute Gasteiger partial charge is 0.203 e. The fourth-order valence-corrected chi connectivity index (χ4v) is 1.57. The summed E-state index contributed by atoms with van der Waals surface area (Å²) in [6, 6.07) is 9.72. The number of benzene rings is 1. The van der Waals surface area contributed by atoms with Crippen molar-refractivity contribution < 1.29 is 4.79 Å². The van der Waals surface area contributed by atoms with Crippen LogP contribution in [-0.4, -0.2) is 10.8 Å². The Hall–Kier alpha value is -1.96. The molecule has 74 valence electrons. The first kappa shape index (κ1) is 9.59. The van der Waals surface area contributed by atoms with E-state index in [9.17, 15) is 4.79 Å². The number of aromatic nitrogens is 1. The maximum absolute atomic E-state index is 11.5. The molecule has 0 N–H and O–H groups in total. The average Bonchev–Trinajstić information content (AvgIpc) is 2.27. The van der Waals surface area contributed by atoms with Gasteiger partial charge in [-0.2, -0.15) is 0 Å². The third-order valence-electron chi connectivity index (χ3n) is 2.33. The number of aryl methyl sites for hydroxylation is 1. The summed E-state index contributed by atoms with van der Waals surface area (Å²) in [6.07, 6.45) is 1.30. The summed E-state index contributed by atoms with van der Waals surface area (Å²) in [6.45, 7) is 5.35. The quantitative estimate of drug-likeness (QED) is 0.547. The van der Waals surface area contributed by atoms with Crippen LogP contribution in [0.1, 0.15) is 16.1 Å². The largest absolute Gasteiger partial charge is 0.288 e. The molecule has 0 saturated heterocycles. The zero-order valence-electron chi connectivity index (χ0n) is 8.53. The minimum absolute atomic E-state index is 0.127. The summed E-state index contributed by atoms with van der Waals surface area (Å²) in [5.74, 6) is -0.127. The van der Waals surface area contributed by atoms with Crippen molar-refractivity contribution in [1.82, 2.24) is 4.98 Å². The Morgan fingerprint density at radius 1 is 1.40 bits per heavy atom. The Bertz CT molecular complexity index is 543. The van der Waals surface area contributed by atoms with Crippen molar-refractivity contribution in [3.8, 4) is 0 Å². The van der Waals surface area contributed by atoms with Gasteiger partial charge in [-0.15, -0.1) is 0 Å². The zero-order chi connectivity index (χ0) is 10.8. The summed E-state index contributed by atoms with van der Waals surface area (Å²) < 4.78 is 0. The van der Waals surface area contributed by atoms with Crippen LogP contribution >= 0.6 is 0 Å². The average molecular weight is 197 g/mol. The van der Waals surface area contributed by atoms with Crippen molar-refractivity contribution in [2.24, 2.45) is 0 Å². The SMILES string of the molecule is C=CC(=O)c1nc2ccccc2cc1C. The number of fused-ring (bicyclic) bond motifs is 1. The molecule has 1 aromatic carbocycles. The van der Waals surface area contributed by atoms with Crippen molar-refractivity contribution in [3.63, 3.8) is 0 Å². The Kier molecular flexibility index (Phi) is 2.34. The van der Waals surface area contributed by atoms with Gasteiger partial charge in [0.05, 0.1) is 5.52 Å². The van der Waals surface area contributed by atoms with Crippen LogP contribution in [0.4, 0.5) is 0 Å². The molecule has 0 radical (unpaired) electrons. The van der Waals surface area contributed by atoms with E-state index in [1.54, 1.807) is 0 Å². The molecular weight excluding hydrogens is 186 g/mol. The van der Waals surface area contributed by atoms with Crippen LogP contribution in [0.15, 0.2) is 43.0 Å². The molecular formula is C13H11NO. The minimum Gasteiger partial charge on any atom is -0.288 e. The van der Waals surface area contributed by atoms with E-state index < -0.39 is 0 Å². The molecule has 2 nitrogen and oxygen atoms in total. The van der Waals surface area contributed by atoms with Crippen molar-refractivity contribution in [3.05, 3.63) is 54.2 Å². The second kappa shape index (κ2) is 3.65. The molecule has 2 rings (SSSR count). The molecule has 0 atom stereocenters. The Morgan fingerprint density at radius 2 is 2.13 bits per heavy atom.